The van der Waals surface area contributed by atoms with Gasteiger partial charge in [-0.1, -0.05) is 12.1 Å². The van der Waals surface area contributed by atoms with Gasteiger partial charge in [-0.05, 0) is 48.7 Å². The van der Waals surface area contributed by atoms with Crippen molar-refractivity contribution < 1.29 is 58.6 Å². The highest BCUT2D eigenvalue weighted by molar-refractivity contribution is 7.92. The highest BCUT2D eigenvalue weighted by atomic mass is 32.2. The summed E-state index contributed by atoms with van der Waals surface area (Å²) >= 11 is 0. The first-order valence-electron chi connectivity index (χ1n) is 12.9. The summed E-state index contributed by atoms with van der Waals surface area (Å²) in [5.41, 5.74) is -7.40. The third kappa shape index (κ3) is 6.43. The summed E-state index contributed by atoms with van der Waals surface area (Å²) in [6.45, 7) is 0.879. The van der Waals surface area contributed by atoms with Gasteiger partial charge in [-0.2, -0.15) is 26.3 Å². The van der Waals surface area contributed by atoms with Gasteiger partial charge >= 0.3 is 12.4 Å². The van der Waals surface area contributed by atoms with Crippen molar-refractivity contribution in [1.82, 2.24) is 10.2 Å². The molecular formula is C26H26F7N3O6S. The maximum atomic E-state index is 13.7. The number of amides is 2. The lowest BCUT2D eigenvalue weighted by Crippen LogP contribution is -2.54. The zero-order valence-corrected chi connectivity index (χ0v) is 23.0. The minimum Gasteiger partial charge on any atom is -0.378 e. The van der Waals surface area contributed by atoms with Crippen molar-refractivity contribution in [3.8, 4) is 0 Å². The highest BCUT2D eigenvalue weighted by Crippen LogP contribution is 2.51. The number of carbonyl (C=O) groups is 2. The molecule has 236 valence electrons. The Bertz CT molecular complexity index is 1450. The van der Waals surface area contributed by atoms with Gasteiger partial charge in [0.2, 0.25) is 11.8 Å². The summed E-state index contributed by atoms with van der Waals surface area (Å²) in [7, 11) is -4.65. The Hall–Kier alpha value is -3.44. The first-order chi connectivity index (χ1) is 20.0. The quantitative estimate of drug-likeness (QED) is 0.450. The van der Waals surface area contributed by atoms with Crippen molar-refractivity contribution >= 4 is 27.5 Å². The monoisotopic (exact) mass is 641 g/mol. The molecule has 4 rings (SSSR count). The smallest absolute Gasteiger partial charge is 0.378 e. The molecule has 0 aliphatic carbocycles. The number of halogens is 7. The third-order valence-corrected chi connectivity index (χ3v) is 9.11. The van der Waals surface area contributed by atoms with Crippen molar-refractivity contribution in [2.24, 2.45) is 0 Å². The second-order valence-corrected chi connectivity index (χ2v) is 11.8. The molecule has 1 fully saturated rings. The molecule has 2 heterocycles. The second-order valence-electron chi connectivity index (χ2n) is 9.97. The summed E-state index contributed by atoms with van der Waals surface area (Å²) < 4.78 is 128. The molecule has 1 unspecified atom stereocenters. The van der Waals surface area contributed by atoms with Gasteiger partial charge < -0.3 is 20.1 Å². The number of aliphatic hydroxyl groups is 1. The number of fused-ring (bicyclic) bond motifs is 1. The van der Waals surface area contributed by atoms with Gasteiger partial charge in [0.25, 0.3) is 15.6 Å². The number of hydrogen-bond donors (Lipinski definition) is 2. The Labute approximate surface area is 241 Å². The Kier molecular flexibility index (Phi) is 9.00. The SMILES string of the molecule is O=C(CC1CCc2cc(C(O)(C(F)(F)F)C(F)(F)F)ccc2N1S(=O)(=O)c1ccc(F)cc1)NCC(=O)N1CCOCC1. The average molecular weight is 642 g/mol. The lowest BCUT2D eigenvalue weighted by Gasteiger charge is -2.39. The molecule has 2 aliphatic heterocycles. The molecule has 1 atom stereocenters. The van der Waals surface area contributed by atoms with E-state index in [1.54, 1.807) is 0 Å². The van der Waals surface area contributed by atoms with Crippen LogP contribution in [0, 0.1) is 5.82 Å². The summed E-state index contributed by atoms with van der Waals surface area (Å²) in [5.74, 6) is -1.92. The van der Waals surface area contributed by atoms with Gasteiger partial charge in [0.1, 0.15) is 5.82 Å². The van der Waals surface area contributed by atoms with Gasteiger partial charge in [0.05, 0.1) is 36.4 Å². The van der Waals surface area contributed by atoms with Crippen LogP contribution in [-0.2, 0) is 36.4 Å². The molecule has 2 aliphatic rings. The van der Waals surface area contributed by atoms with E-state index in [0.717, 1.165) is 24.3 Å². The fraction of sp³-hybridized carbons (Fsp3) is 0.462. The first kappa shape index (κ1) is 32.5. The van der Waals surface area contributed by atoms with Gasteiger partial charge in [-0.3, -0.25) is 13.9 Å². The van der Waals surface area contributed by atoms with E-state index in [4.69, 9.17) is 4.74 Å². The number of aryl methyl sites for hydroxylation is 1. The standard InChI is InChI=1S/C26H26F7N3O6S/c27-18-3-6-20(7-4-18)43(40,41)36-19(14-22(37)34-15-23(38)35-9-11-42-12-10-35)5-1-16-13-17(2-8-21(16)36)24(39,25(28,29)30)26(31,32)33/h2-4,6-8,13,19,39H,1,5,9-12,14-15H2,(H,34,37). The molecular weight excluding hydrogens is 615 g/mol. The number of morpholine rings is 1. The van der Waals surface area contributed by atoms with Crippen LogP contribution in [0.2, 0.25) is 0 Å². The van der Waals surface area contributed by atoms with Crippen molar-refractivity contribution in [2.75, 3.05) is 37.2 Å². The maximum Gasteiger partial charge on any atom is 0.430 e. The van der Waals surface area contributed by atoms with E-state index in [2.05, 4.69) is 5.32 Å². The predicted molar refractivity (Wildman–Crippen MR) is 136 cm³/mol. The molecule has 2 aromatic carbocycles. The van der Waals surface area contributed by atoms with Crippen LogP contribution >= 0.6 is 0 Å². The van der Waals surface area contributed by atoms with Gasteiger partial charge in [-0.25, -0.2) is 12.8 Å². The summed E-state index contributed by atoms with van der Waals surface area (Å²) in [5, 5.41) is 12.3. The number of nitrogens with one attached hydrogen (secondary N) is 1. The van der Waals surface area contributed by atoms with Crippen LogP contribution < -0.4 is 9.62 Å². The van der Waals surface area contributed by atoms with E-state index in [0.29, 0.717) is 48.8 Å². The van der Waals surface area contributed by atoms with Crippen LogP contribution in [0.3, 0.4) is 0 Å². The number of benzene rings is 2. The molecule has 2 N–H and O–H groups in total. The second kappa shape index (κ2) is 11.9. The lowest BCUT2D eigenvalue weighted by atomic mass is 9.87. The molecule has 0 bridgehead atoms. The van der Waals surface area contributed by atoms with E-state index in [1.807, 2.05) is 0 Å². The number of nitrogens with zero attached hydrogens (tertiary/aromatic N) is 2. The molecule has 0 radical (unpaired) electrons. The van der Waals surface area contributed by atoms with Crippen molar-refractivity contribution in [3.05, 3.63) is 59.4 Å². The fourth-order valence-corrected chi connectivity index (χ4v) is 6.68. The van der Waals surface area contributed by atoms with E-state index < -0.39 is 75.1 Å². The highest BCUT2D eigenvalue weighted by Gasteiger charge is 2.71. The summed E-state index contributed by atoms with van der Waals surface area (Å²) in [6.07, 6.45) is -13.3. The van der Waals surface area contributed by atoms with Crippen molar-refractivity contribution in [2.45, 2.75) is 48.2 Å². The number of anilines is 1. The number of alkyl halides is 6. The Morgan fingerprint density at radius 1 is 0.977 bits per heavy atom. The average Bonchev–Trinajstić information content (AvgIpc) is 2.94. The zero-order valence-electron chi connectivity index (χ0n) is 22.2. The molecule has 43 heavy (non-hydrogen) atoms. The van der Waals surface area contributed by atoms with Crippen molar-refractivity contribution in [1.29, 1.82) is 0 Å². The zero-order chi connectivity index (χ0) is 31.8. The summed E-state index contributed by atoms with van der Waals surface area (Å²) in [6, 6.07) is 3.77. The molecule has 1 saturated heterocycles. The minimum absolute atomic E-state index is 0.224. The number of ether oxygens (including phenoxy) is 1. The molecule has 2 amide bonds. The van der Waals surface area contributed by atoms with Crippen LogP contribution in [0.4, 0.5) is 36.4 Å². The lowest BCUT2D eigenvalue weighted by molar-refractivity contribution is -0.376. The molecule has 2 aromatic rings. The topological polar surface area (TPSA) is 116 Å². The van der Waals surface area contributed by atoms with Crippen LogP contribution in [-0.4, -0.2) is 81.5 Å². The van der Waals surface area contributed by atoms with Crippen molar-refractivity contribution in [3.63, 3.8) is 0 Å². The van der Waals surface area contributed by atoms with E-state index in [-0.39, 0.29) is 24.1 Å². The van der Waals surface area contributed by atoms with Crippen LogP contribution in [0.5, 0.6) is 0 Å². The van der Waals surface area contributed by atoms with Gasteiger partial charge in [0.15, 0.2) is 0 Å². The maximum absolute atomic E-state index is 13.7. The number of rotatable bonds is 7. The molecule has 0 saturated carbocycles. The number of hydrogen-bond acceptors (Lipinski definition) is 6. The normalized spacial score (nSPS) is 18.3. The van der Waals surface area contributed by atoms with E-state index in [1.165, 1.54) is 4.90 Å². The van der Waals surface area contributed by atoms with E-state index >= 15 is 0 Å². The predicted octanol–water partition coefficient (Wildman–Crippen LogP) is 3.01. The molecule has 17 heteroatoms. The molecule has 0 spiro atoms. The van der Waals surface area contributed by atoms with E-state index in [9.17, 15) is 53.8 Å². The number of carbonyl (C=O) groups excluding carboxylic acids is 2. The summed E-state index contributed by atoms with van der Waals surface area (Å²) in [4.78, 5) is 26.2. The first-order valence-corrected chi connectivity index (χ1v) is 14.3. The Morgan fingerprint density at radius 3 is 2.16 bits per heavy atom. The van der Waals surface area contributed by atoms with Crippen LogP contribution in [0.15, 0.2) is 47.4 Å². The van der Waals surface area contributed by atoms with Crippen LogP contribution in [0.25, 0.3) is 0 Å². The largest absolute Gasteiger partial charge is 0.430 e. The molecule has 9 nitrogen and oxygen atoms in total. The Balaban J connectivity index is 1.68. The third-order valence-electron chi connectivity index (χ3n) is 7.23. The van der Waals surface area contributed by atoms with Gasteiger partial charge in [0, 0.05) is 25.1 Å². The molecule has 0 aromatic heterocycles. The fourth-order valence-electron chi connectivity index (χ4n) is 4.97. The van der Waals surface area contributed by atoms with Crippen LogP contribution in [0.1, 0.15) is 24.0 Å². The minimum atomic E-state index is -6.16. The van der Waals surface area contributed by atoms with Gasteiger partial charge in [-0.15, -0.1) is 0 Å². The number of sulfonamides is 1. The Morgan fingerprint density at radius 2 is 1.58 bits per heavy atom.